The average Bonchev–Trinajstić information content (AvgIpc) is 2.59. The summed E-state index contributed by atoms with van der Waals surface area (Å²) in [5.74, 6) is -0.986. The standard InChI is InChI=1S/C10H6ClNO2S/c11-6-2-1-3-7-10(6)12-8(15-7)4-5-9(13)14/h1-5H,(H,13,14)/b5-4+. The third-order valence-corrected chi connectivity index (χ3v) is 3.05. The zero-order valence-corrected chi connectivity index (χ0v) is 9.05. The first kappa shape index (κ1) is 10.1. The van der Waals surface area contributed by atoms with Gasteiger partial charge in [-0.25, -0.2) is 9.78 Å². The summed E-state index contributed by atoms with van der Waals surface area (Å²) in [7, 11) is 0. The van der Waals surface area contributed by atoms with Crippen molar-refractivity contribution >= 4 is 45.2 Å². The topological polar surface area (TPSA) is 50.2 Å². The minimum absolute atomic E-state index is 0.582. The zero-order valence-electron chi connectivity index (χ0n) is 7.48. The van der Waals surface area contributed by atoms with E-state index in [0.717, 1.165) is 10.8 Å². The molecule has 0 saturated carbocycles. The van der Waals surface area contributed by atoms with Crippen molar-refractivity contribution in [2.75, 3.05) is 0 Å². The average molecular weight is 240 g/mol. The number of carboxylic acids is 1. The monoisotopic (exact) mass is 239 g/mol. The number of aromatic nitrogens is 1. The van der Waals surface area contributed by atoms with E-state index < -0.39 is 5.97 Å². The molecule has 0 amide bonds. The molecule has 0 saturated heterocycles. The molecule has 1 aromatic heterocycles. The van der Waals surface area contributed by atoms with Gasteiger partial charge >= 0.3 is 5.97 Å². The Bertz CT molecular complexity index is 547. The molecule has 76 valence electrons. The molecule has 2 rings (SSSR count). The number of rotatable bonds is 2. The molecular formula is C10H6ClNO2S. The van der Waals surface area contributed by atoms with Crippen molar-refractivity contribution in [3.63, 3.8) is 0 Å². The maximum Gasteiger partial charge on any atom is 0.328 e. The molecule has 0 aliphatic heterocycles. The number of halogens is 1. The predicted octanol–water partition coefficient (Wildman–Crippen LogP) is 3.05. The number of hydrogen-bond donors (Lipinski definition) is 1. The van der Waals surface area contributed by atoms with Crippen molar-refractivity contribution in [3.8, 4) is 0 Å². The molecule has 3 nitrogen and oxygen atoms in total. The van der Waals surface area contributed by atoms with Gasteiger partial charge < -0.3 is 5.11 Å². The fraction of sp³-hybridized carbons (Fsp3) is 0. The summed E-state index contributed by atoms with van der Waals surface area (Å²) < 4.78 is 0.951. The van der Waals surface area contributed by atoms with Crippen molar-refractivity contribution < 1.29 is 9.90 Å². The highest BCUT2D eigenvalue weighted by Gasteiger charge is 2.04. The number of benzene rings is 1. The molecule has 0 spiro atoms. The van der Waals surface area contributed by atoms with Crippen LogP contribution in [0.3, 0.4) is 0 Å². The van der Waals surface area contributed by atoms with E-state index in [1.165, 1.54) is 17.4 Å². The number of hydrogen-bond acceptors (Lipinski definition) is 3. The Kier molecular flexibility index (Phi) is 2.70. The number of para-hydroxylation sites is 1. The van der Waals surface area contributed by atoms with Crippen LogP contribution in [0.2, 0.25) is 5.02 Å². The number of aliphatic carboxylic acids is 1. The SMILES string of the molecule is O=C(O)/C=C/c1nc2c(Cl)cccc2s1. The van der Waals surface area contributed by atoms with Gasteiger partial charge in [-0.05, 0) is 18.2 Å². The van der Waals surface area contributed by atoms with Crippen LogP contribution in [0, 0.1) is 0 Å². The van der Waals surface area contributed by atoms with Crippen LogP contribution >= 0.6 is 22.9 Å². The second-order valence-corrected chi connectivity index (χ2v) is 4.28. The van der Waals surface area contributed by atoms with Crippen LogP contribution in [0.4, 0.5) is 0 Å². The molecule has 1 heterocycles. The number of fused-ring (bicyclic) bond motifs is 1. The maximum atomic E-state index is 10.3. The molecule has 0 aliphatic rings. The molecule has 2 aromatic rings. The second-order valence-electron chi connectivity index (χ2n) is 2.81. The molecular weight excluding hydrogens is 234 g/mol. The largest absolute Gasteiger partial charge is 0.478 e. The summed E-state index contributed by atoms with van der Waals surface area (Å²) in [5.41, 5.74) is 0.717. The molecule has 0 bridgehead atoms. The molecule has 0 radical (unpaired) electrons. The van der Waals surface area contributed by atoms with Gasteiger partial charge in [-0.15, -0.1) is 11.3 Å². The summed E-state index contributed by atoms with van der Waals surface area (Å²) in [6.07, 6.45) is 2.52. The van der Waals surface area contributed by atoms with Crippen LogP contribution in [0.1, 0.15) is 5.01 Å². The molecule has 0 atom stereocenters. The highest BCUT2D eigenvalue weighted by Crippen LogP contribution is 2.28. The van der Waals surface area contributed by atoms with E-state index in [0.29, 0.717) is 15.5 Å². The van der Waals surface area contributed by atoms with Gasteiger partial charge in [-0.1, -0.05) is 17.7 Å². The first-order valence-corrected chi connectivity index (χ1v) is 5.32. The van der Waals surface area contributed by atoms with Crippen molar-refractivity contribution in [3.05, 3.63) is 34.3 Å². The van der Waals surface area contributed by atoms with Gasteiger partial charge in [0.15, 0.2) is 0 Å². The molecule has 0 fully saturated rings. The van der Waals surface area contributed by atoms with Gasteiger partial charge in [-0.2, -0.15) is 0 Å². The van der Waals surface area contributed by atoms with Crippen molar-refractivity contribution in [1.29, 1.82) is 0 Å². The Morgan fingerprint density at radius 3 is 3.00 bits per heavy atom. The van der Waals surface area contributed by atoms with E-state index >= 15 is 0 Å². The van der Waals surface area contributed by atoms with Crippen LogP contribution in [0.15, 0.2) is 24.3 Å². The van der Waals surface area contributed by atoms with Crippen molar-refractivity contribution in [2.45, 2.75) is 0 Å². The van der Waals surface area contributed by atoms with Gasteiger partial charge in [0.25, 0.3) is 0 Å². The molecule has 0 aliphatic carbocycles. The fourth-order valence-electron chi connectivity index (χ4n) is 1.15. The first-order chi connectivity index (χ1) is 7.16. The zero-order chi connectivity index (χ0) is 10.8. The Labute approximate surface area is 94.6 Å². The molecule has 5 heteroatoms. The quantitative estimate of drug-likeness (QED) is 0.820. The van der Waals surface area contributed by atoms with Gasteiger partial charge in [0.1, 0.15) is 10.5 Å². The number of thiazole rings is 1. The van der Waals surface area contributed by atoms with Crippen LogP contribution in [0.25, 0.3) is 16.3 Å². The third kappa shape index (κ3) is 2.16. The summed E-state index contributed by atoms with van der Waals surface area (Å²) in [6.45, 7) is 0. The summed E-state index contributed by atoms with van der Waals surface area (Å²) in [6, 6.07) is 5.50. The minimum Gasteiger partial charge on any atom is -0.478 e. The lowest BCUT2D eigenvalue weighted by Crippen LogP contribution is -1.85. The Morgan fingerprint density at radius 2 is 2.33 bits per heavy atom. The number of carbonyl (C=O) groups is 1. The molecule has 1 aromatic carbocycles. The van der Waals surface area contributed by atoms with Crippen LogP contribution in [0.5, 0.6) is 0 Å². The second kappa shape index (κ2) is 4.00. The van der Waals surface area contributed by atoms with Gasteiger partial charge in [0, 0.05) is 6.08 Å². The lowest BCUT2D eigenvalue weighted by molar-refractivity contribution is -0.131. The first-order valence-electron chi connectivity index (χ1n) is 4.13. The van der Waals surface area contributed by atoms with E-state index in [-0.39, 0.29) is 0 Å². The van der Waals surface area contributed by atoms with Crippen molar-refractivity contribution in [1.82, 2.24) is 4.98 Å². The normalized spacial score (nSPS) is 11.3. The van der Waals surface area contributed by atoms with Gasteiger partial charge in [0.05, 0.1) is 9.72 Å². The lowest BCUT2D eigenvalue weighted by atomic mass is 10.3. The van der Waals surface area contributed by atoms with Crippen LogP contribution in [-0.4, -0.2) is 16.1 Å². The summed E-state index contributed by atoms with van der Waals surface area (Å²) in [4.78, 5) is 14.5. The molecule has 15 heavy (non-hydrogen) atoms. The highest BCUT2D eigenvalue weighted by molar-refractivity contribution is 7.19. The van der Waals surface area contributed by atoms with E-state index in [1.54, 1.807) is 6.07 Å². The van der Waals surface area contributed by atoms with Crippen LogP contribution in [-0.2, 0) is 4.79 Å². The molecule has 1 N–H and O–H groups in total. The van der Waals surface area contributed by atoms with Gasteiger partial charge in [-0.3, -0.25) is 0 Å². The predicted molar refractivity (Wildman–Crippen MR) is 61.3 cm³/mol. The Balaban J connectivity index is 2.48. The Hall–Kier alpha value is -1.39. The third-order valence-electron chi connectivity index (χ3n) is 1.75. The fourth-order valence-corrected chi connectivity index (χ4v) is 2.32. The van der Waals surface area contributed by atoms with E-state index in [9.17, 15) is 4.79 Å². The van der Waals surface area contributed by atoms with Gasteiger partial charge in [0.2, 0.25) is 0 Å². The van der Waals surface area contributed by atoms with Crippen molar-refractivity contribution in [2.24, 2.45) is 0 Å². The van der Waals surface area contributed by atoms with Crippen LogP contribution < -0.4 is 0 Å². The minimum atomic E-state index is -0.986. The molecule has 0 unspecified atom stereocenters. The smallest absolute Gasteiger partial charge is 0.328 e. The van der Waals surface area contributed by atoms with E-state index in [1.807, 2.05) is 12.1 Å². The maximum absolute atomic E-state index is 10.3. The summed E-state index contributed by atoms with van der Waals surface area (Å²) >= 11 is 7.34. The Morgan fingerprint density at radius 1 is 1.53 bits per heavy atom. The summed E-state index contributed by atoms with van der Waals surface area (Å²) in [5, 5.41) is 9.69. The lowest BCUT2D eigenvalue weighted by Gasteiger charge is -1.87. The number of nitrogens with zero attached hydrogens (tertiary/aromatic N) is 1. The van der Waals surface area contributed by atoms with E-state index in [4.69, 9.17) is 16.7 Å². The van der Waals surface area contributed by atoms with E-state index in [2.05, 4.69) is 4.98 Å². The number of carboxylic acid groups (broad SMARTS) is 1. The highest BCUT2D eigenvalue weighted by atomic mass is 35.5.